The van der Waals surface area contributed by atoms with Gasteiger partial charge in [0.15, 0.2) is 0 Å². The Morgan fingerprint density at radius 1 is 1.27 bits per heavy atom. The van der Waals surface area contributed by atoms with Gasteiger partial charge >= 0.3 is 12.0 Å². The lowest BCUT2D eigenvalue weighted by Gasteiger charge is -2.07. The minimum atomic E-state index is -0.421. The molecule has 0 aliphatic carbocycles. The summed E-state index contributed by atoms with van der Waals surface area (Å²) in [6.45, 7) is 4.92. The van der Waals surface area contributed by atoms with Crippen LogP contribution in [0.15, 0.2) is 30.3 Å². The molecule has 0 radical (unpaired) electrons. The number of carbonyl (C=O) groups is 2. The highest BCUT2D eigenvalue weighted by Crippen LogP contribution is 2.22. The van der Waals surface area contributed by atoms with Gasteiger partial charge in [0, 0.05) is 24.2 Å². The van der Waals surface area contributed by atoms with Crippen LogP contribution in [-0.2, 0) is 9.53 Å². The Hall–Kier alpha value is -2.01. The zero-order chi connectivity index (χ0) is 16.4. The van der Waals surface area contributed by atoms with Gasteiger partial charge in [-0.25, -0.2) is 9.59 Å². The molecule has 2 amide bonds. The van der Waals surface area contributed by atoms with Crippen LogP contribution < -0.4 is 10.6 Å². The van der Waals surface area contributed by atoms with Gasteiger partial charge in [-0.05, 0) is 37.5 Å². The highest BCUT2D eigenvalue weighted by Gasteiger charge is 2.05. The standard InChI is InChI=1S/C16H21ClN2O3/c1-3-18-16(21)19-9-6-10-22-15(20)11-12(2)13-7-4-5-8-14(13)17/h4-5,7-8,11H,3,6,9-10H2,1-2H3,(H2,18,19,21)/b12-11-. The summed E-state index contributed by atoms with van der Waals surface area (Å²) in [6.07, 6.45) is 1.97. The number of benzene rings is 1. The number of hydrogen-bond acceptors (Lipinski definition) is 3. The molecule has 0 unspecified atom stereocenters. The fourth-order valence-corrected chi connectivity index (χ4v) is 2.03. The quantitative estimate of drug-likeness (QED) is 0.460. The number of halogens is 1. The van der Waals surface area contributed by atoms with Gasteiger partial charge in [-0.15, -0.1) is 0 Å². The maximum absolute atomic E-state index is 11.7. The predicted molar refractivity (Wildman–Crippen MR) is 87.8 cm³/mol. The Balaban J connectivity index is 2.33. The number of ether oxygens (including phenoxy) is 1. The number of hydrogen-bond donors (Lipinski definition) is 2. The lowest BCUT2D eigenvalue weighted by Crippen LogP contribution is -2.36. The second-order valence-corrected chi connectivity index (χ2v) is 5.02. The molecule has 0 saturated carbocycles. The van der Waals surface area contributed by atoms with Crippen molar-refractivity contribution in [3.05, 3.63) is 40.9 Å². The van der Waals surface area contributed by atoms with Crippen molar-refractivity contribution in [2.45, 2.75) is 20.3 Å². The van der Waals surface area contributed by atoms with Gasteiger partial charge in [-0.3, -0.25) is 0 Å². The van der Waals surface area contributed by atoms with Crippen molar-refractivity contribution < 1.29 is 14.3 Å². The molecule has 0 bridgehead atoms. The average Bonchev–Trinajstić information content (AvgIpc) is 2.47. The maximum atomic E-state index is 11.7. The number of rotatable bonds is 7. The molecule has 0 aliphatic heterocycles. The van der Waals surface area contributed by atoms with E-state index in [2.05, 4.69) is 10.6 Å². The van der Waals surface area contributed by atoms with Crippen LogP contribution in [0.1, 0.15) is 25.8 Å². The van der Waals surface area contributed by atoms with E-state index in [0.717, 1.165) is 11.1 Å². The van der Waals surface area contributed by atoms with E-state index in [1.165, 1.54) is 6.08 Å². The van der Waals surface area contributed by atoms with Crippen LogP contribution in [0, 0.1) is 0 Å². The van der Waals surface area contributed by atoms with Crippen molar-refractivity contribution in [3.63, 3.8) is 0 Å². The van der Waals surface area contributed by atoms with Gasteiger partial charge in [0.2, 0.25) is 0 Å². The second kappa shape index (κ2) is 9.84. The van der Waals surface area contributed by atoms with Crippen LogP contribution in [0.4, 0.5) is 4.79 Å². The van der Waals surface area contributed by atoms with Gasteiger partial charge in [0.25, 0.3) is 0 Å². The van der Waals surface area contributed by atoms with Gasteiger partial charge in [-0.2, -0.15) is 0 Å². The van der Waals surface area contributed by atoms with Crippen LogP contribution >= 0.6 is 11.6 Å². The lowest BCUT2D eigenvalue weighted by molar-refractivity contribution is -0.137. The van der Waals surface area contributed by atoms with Crippen molar-refractivity contribution in [1.82, 2.24) is 10.6 Å². The topological polar surface area (TPSA) is 67.4 Å². The summed E-state index contributed by atoms with van der Waals surface area (Å²) >= 11 is 6.06. The van der Waals surface area contributed by atoms with Crippen molar-refractivity contribution in [3.8, 4) is 0 Å². The van der Waals surface area contributed by atoms with Gasteiger partial charge in [0.05, 0.1) is 6.61 Å². The van der Waals surface area contributed by atoms with Crippen LogP contribution in [0.5, 0.6) is 0 Å². The summed E-state index contributed by atoms with van der Waals surface area (Å²) in [5, 5.41) is 5.86. The van der Waals surface area contributed by atoms with Crippen LogP contribution in [-0.4, -0.2) is 31.7 Å². The predicted octanol–water partition coefficient (Wildman–Crippen LogP) is 3.00. The summed E-state index contributed by atoms with van der Waals surface area (Å²) in [7, 11) is 0. The first-order valence-corrected chi connectivity index (χ1v) is 7.54. The summed E-state index contributed by atoms with van der Waals surface area (Å²) in [4.78, 5) is 22.8. The Labute approximate surface area is 135 Å². The third-order valence-electron chi connectivity index (χ3n) is 2.82. The summed E-state index contributed by atoms with van der Waals surface area (Å²) in [6, 6.07) is 7.09. The second-order valence-electron chi connectivity index (χ2n) is 4.61. The minimum absolute atomic E-state index is 0.219. The molecule has 5 nitrogen and oxygen atoms in total. The van der Waals surface area contributed by atoms with Crippen molar-refractivity contribution in [2.75, 3.05) is 19.7 Å². The number of esters is 1. The number of allylic oxidation sites excluding steroid dienone is 1. The summed E-state index contributed by atoms with van der Waals surface area (Å²) in [5.41, 5.74) is 1.55. The molecule has 1 rings (SSSR count). The summed E-state index contributed by atoms with van der Waals surface area (Å²) in [5.74, 6) is -0.421. The Kier molecular flexibility index (Phi) is 8.07. The molecule has 120 valence electrons. The van der Waals surface area contributed by atoms with Crippen molar-refractivity contribution in [2.24, 2.45) is 0 Å². The minimum Gasteiger partial charge on any atom is -0.462 e. The molecular weight excluding hydrogens is 304 g/mol. The third kappa shape index (κ3) is 6.63. The fraction of sp³-hybridized carbons (Fsp3) is 0.375. The SMILES string of the molecule is CCNC(=O)NCCCOC(=O)/C=C(/C)c1ccccc1Cl. The zero-order valence-corrected chi connectivity index (χ0v) is 13.6. The first-order valence-electron chi connectivity index (χ1n) is 7.16. The number of amides is 2. The number of carbonyl (C=O) groups excluding carboxylic acids is 2. The van der Waals surface area contributed by atoms with E-state index < -0.39 is 5.97 Å². The molecule has 22 heavy (non-hydrogen) atoms. The van der Waals surface area contributed by atoms with E-state index in [0.29, 0.717) is 24.5 Å². The van der Waals surface area contributed by atoms with E-state index in [1.807, 2.05) is 25.1 Å². The van der Waals surface area contributed by atoms with Crippen LogP contribution in [0.3, 0.4) is 0 Å². The van der Waals surface area contributed by atoms with Crippen molar-refractivity contribution >= 4 is 29.2 Å². The molecule has 1 aromatic carbocycles. The normalized spacial score (nSPS) is 11.0. The van der Waals surface area contributed by atoms with Crippen LogP contribution in [0.2, 0.25) is 5.02 Å². The van der Waals surface area contributed by atoms with Gasteiger partial charge in [-0.1, -0.05) is 29.8 Å². The fourth-order valence-electron chi connectivity index (χ4n) is 1.75. The smallest absolute Gasteiger partial charge is 0.331 e. The van der Waals surface area contributed by atoms with Gasteiger partial charge in [0.1, 0.15) is 0 Å². The van der Waals surface area contributed by atoms with E-state index in [-0.39, 0.29) is 12.6 Å². The monoisotopic (exact) mass is 324 g/mol. The molecule has 0 aliphatic rings. The molecule has 0 saturated heterocycles. The number of urea groups is 1. The highest BCUT2D eigenvalue weighted by molar-refractivity contribution is 6.32. The molecule has 0 atom stereocenters. The molecule has 6 heteroatoms. The molecule has 2 N–H and O–H groups in total. The maximum Gasteiger partial charge on any atom is 0.331 e. The Morgan fingerprint density at radius 2 is 2.00 bits per heavy atom. The van der Waals surface area contributed by atoms with E-state index in [4.69, 9.17) is 16.3 Å². The van der Waals surface area contributed by atoms with Crippen LogP contribution in [0.25, 0.3) is 5.57 Å². The molecular formula is C16H21ClN2O3. The average molecular weight is 325 g/mol. The summed E-state index contributed by atoms with van der Waals surface area (Å²) < 4.78 is 5.09. The van der Waals surface area contributed by atoms with E-state index in [9.17, 15) is 9.59 Å². The molecule has 0 aromatic heterocycles. The molecule has 0 fully saturated rings. The molecule has 1 aromatic rings. The number of nitrogens with one attached hydrogen (secondary N) is 2. The van der Waals surface area contributed by atoms with E-state index in [1.54, 1.807) is 13.0 Å². The third-order valence-corrected chi connectivity index (χ3v) is 3.15. The first kappa shape index (κ1) is 18.0. The van der Waals surface area contributed by atoms with Gasteiger partial charge < -0.3 is 15.4 Å². The van der Waals surface area contributed by atoms with E-state index >= 15 is 0 Å². The lowest BCUT2D eigenvalue weighted by atomic mass is 10.1. The Bertz CT molecular complexity index is 544. The molecule has 0 spiro atoms. The highest BCUT2D eigenvalue weighted by atomic mass is 35.5. The molecule has 0 heterocycles. The Morgan fingerprint density at radius 3 is 2.68 bits per heavy atom. The zero-order valence-electron chi connectivity index (χ0n) is 12.8. The largest absolute Gasteiger partial charge is 0.462 e. The first-order chi connectivity index (χ1) is 10.5. The van der Waals surface area contributed by atoms with Crippen molar-refractivity contribution in [1.29, 1.82) is 0 Å².